The minimum absolute atomic E-state index is 0.141. The van der Waals surface area contributed by atoms with Crippen molar-refractivity contribution in [2.75, 3.05) is 18.0 Å². The molecule has 1 aliphatic heterocycles. The predicted molar refractivity (Wildman–Crippen MR) is 90.4 cm³/mol. The summed E-state index contributed by atoms with van der Waals surface area (Å²) in [6.07, 6.45) is 1.95. The number of carbonyl (C=O) groups is 2. The SMILES string of the molecule is CC(C)(C)C(O)CNC(=O)c1ccc(N2CCCCC2=O)cc1. The van der Waals surface area contributed by atoms with Gasteiger partial charge in [-0.2, -0.15) is 0 Å². The number of hydrogen-bond donors (Lipinski definition) is 2. The van der Waals surface area contributed by atoms with E-state index < -0.39 is 6.10 Å². The first-order valence-electron chi connectivity index (χ1n) is 8.16. The molecule has 1 heterocycles. The Balaban J connectivity index is 1.96. The Labute approximate surface area is 137 Å². The van der Waals surface area contributed by atoms with Crippen LogP contribution >= 0.6 is 0 Å². The van der Waals surface area contributed by atoms with Crippen LogP contribution in [0.3, 0.4) is 0 Å². The number of hydrogen-bond acceptors (Lipinski definition) is 3. The van der Waals surface area contributed by atoms with E-state index in [2.05, 4.69) is 5.32 Å². The van der Waals surface area contributed by atoms with Crippen LogP contribution in [0.4, 0.5) is 5.69 Å². The Morgan fingerprint density at radius 1 is 1.26 bits per heavy atom. The second-order valence-corrected chi connectivity index (χ2v) is 7.14. The molecule has 1 fully saturated rings. The first-order valence-corrected chi connectivity index (χ1v) is 8.16. The maximum atomic E-state index is 12.1. The zero-order valence-electron chi connectivity index (χ0n) is 14.1. The third-order valence-corrected chi connectivity index (χ3v) is 4.22. The quantitative estimate of drug-likeness (QED) is 0.895. The largest absolute Gasteiger partial charge is 0.391 e. The maximum Gasteiger partial charge on any atom is 0.251 e. The average molecular weight is 318 g/mol. The van der Waals surface area contributed by atoms with Gasteiger partial charge in [-0.1, -0.05) is 20.8 Å². The first kappa shape index (κ1) is 17.5. The number of amides is 2. The highest BCUT2D eigenvalue weighted by atomic mass is 16.3. The van der Waals surface area contributed by atoms with Crippen LogP contribution in [0.15, 0.2) is 24.3 Å². The van der Waals surface area contributed by atoms with Crippen molar-refractivity contribution in [3.63, 3.8) is 0 Å². The molecular weight excluding hydrogens is 292 g/mol. The summed E-state index contributed by atoms with van der Waals surface area (Å²) in [6.45, 7) is 6.73. The zero-order valence-corrected chi connectivity index (χ0v) is 14.1. The lowest BCUT2D eigenvalue weighted by molar-refractivity contribution is -0.119. The van der Waals surface area contributed by atoms with Crippen molar-refractivity contribution in [3.05, 3.63) is 29.8 Å². The molecule has 0 radical (unpaired) electrons. The fraction of sp³-hybridized carbons (Fsp3) is 0.556. The van der Waals surface area contributed by atoms with E-state index in [0.717, 1.165) is 25.1 Å². The van der Waals surface area contributed by atoms with Gasteiger partial charge in [0.25, 0.3) is 5.91 Å². The van der Waals surface area contributed by atoms with Gasteiger partial charge in [-0.3, -0.25) is 9.59 Å². The molecule has 0 aromatic heterocycles. The molecule has 1 aliphatic rings. The second kappa shape index (κ2) is 7.13. The fourth-order valence-corrected chi connectivity index (χ4v) is 2.47. The molecule has 2 N–H and O–H groups in total. The topological polar surface area (TPSA) is 69.6 Å². The molecule has 2 amide bonds. The molecule has 5 heteroatoms. The normalized spacial score (nSPS) is 17.0. The van der Waals surface area contributed by atoms with Crippen LogP contribution in [-0.4, -0.2) is 36.1 Å². The molecule has 23 heavy (non-hydrogen) atoms. The summed E-state index contributed by atoms with van der Waals surface area (Å²) in [7, 11) is 0. The van der Waals surface area contributed by atoms with Crippen LogP contribution in [-0.2, 0) is 4.79 Å². The van der Waals surface area contributed by atoms with E-state index in [1.807, 2.05) is 20.8 Å². The lowest BCUT2D eigenvalue weighted by Crippen LogP contribution is -2.39. The first-order chi connectivity index (χ1) is 10.8. The molecule has 1 aromatic rings. The van der Waals surface area contributed by atoms with E-state index in [9.17, 15) is 14.7 Å². The summed E-state index contributed by atoms with van der Waals surface area (Å²) in [6, 6.07) is 7.04. The molecule has 1 unspecified atom stereocenters. The minimum atomic E-state index is -0.600. The number of aliphatic hydroxyl groups excluding tert-OH is 1. The van der Waals surface area contributed by atoms with E-state index in [-0.39, 0.29) is 23.8 Å². The van der Waals surface area contributed by atoms with Crippen LogP contribution in [0.5, 0.6) is 0 Å². The lowest BCUT2D eigenvalue weighted by Gasteiger charge is -2.27. The summed E-state index contributed by atoms with van der Waals surface area (Å²) in [5, 5.41) is 12.7. The summed E-state index contributed by atoms with van der Waals surface area (Å²) in [5.41, 5.74) is 1.09. The molecule has 126 valence electrons. The van der Waals surface area contributed by atoms with Crippen molar-refractivity contribution in [1.82, 2.24) is 5.32 Å². The van der Waals surface area contributed by atoms with Crippen molar-refractivity contribution in [3.8, 4) is 0 Å². The summed E-state index contributed by atoms with van der Waals surface area (Å²) in [4.78, 5) is 25.8. The molecule has 1 aromatic carbocycles. The molecule has 1 atom stereocenters. The summed E-state index contributed by atoms with van der Waals surface area (Å²) < 4.78 is 0. The smallest absolute Gasteiger partial charge is 0.251 e. The van der Waals surface area contributed by atoms with Crippen LogP contribution in [0, 0.1) is 5.41 Å². The van der Waals surface area contributed by atoms with Gasteiger partial charge in [0.1, 0.15) is 0 Å². The maximum absolute atomic E-state index is 12.1. The Hall–Kier alpha value is -1.88. The molecule has 0 bridgehead atoms. The Morgan fingerprint density at radius 2 is 1.91 bits per heavy atom. The van der Waals surface area contributed by atoms with Crippen molar-refractivity contribution in [1.29, 1.82) is 0 Å². The number of piperidine rings is 1. The van der Waals surface area contributed by atoms with E-state index in [0.29, 0.717) is 12.0 Å². The zero-order chi connectivity index (χ0) is 17.0. The van der Waals surface area contributed by atoms with Crippen molar-refractivity contribution in [2.24, 2.45) is 5.41 Å². The summed E-state index contributed by atoms with van der Waals surface area (Å²) >= 11 is 0. The molecule has 2 rings (SSSR count). The highest BCUT2D eigenvalue weighted by Gasteiger charge is 2.23. The van der Waals surface area contributed by atoms with Gasteiger partial charge in [-0.25, -0.2) is 0 Å². The monoisotopic (exact) mass is 318 g/mol. The number of benzene rings is 1. The van der Waals surface area contributed by atoms with Crippen LogP contribution < -0.4 is 10.2 Å². The van der Waals surface area contributed by atoms with Crippen molar-refractivity contribution < 1.29 is 14.7 Å². The molecule has 0 aliphatic carbocycles. The van der Waals surface area contributed by atoms with Gasteiger partial charge in [-0.15, -0.1) is 0 Å². The highest BCUT2D eigenvalue weighted by Crippen LogP contribution is 2.21. The second-order valence-electron chi connectivity index (χ2n) is 7.14. The minimum Gasteiger partial charge on any atom is -0.391 e. The number of nitrogens with one attached hydrogen (secondary N) is 1. The lowest BCUT2D eigenvalue weighted by atomic mass is 9.89. The van der Waals surface area contributed by atoms with Gasteiger partial charge in [0.15, 0.2) is 0 Å². The Morgan fingerprint density at radius 3 is 2.48 bits per heavy atom. The third kappa shape index (κ3) is 4.55. The number of nitrogens with zero attached hydrogens (tertiary/aromatic N) is 1. The average Bonchev–Trinajstić information content (AvgIpc) is 2.52. The van der Waals surface area contributed by atoms with Gasteiger partial charge in [-0.05, 0) is 42.5 Å². The highest BCUT2D eigenvalue weighted by molar-refractivity contribution is 5.96. The van der Waals surface area contributed by atoms with E-state index in [1.165, 1.54) is 0 Å². The summed E-state index contributed by atoms with van der Waals surface area (Å²) in [5.74, 6) is -0.0772. The predicted octanol–water partition coefficient (Wildman–Crippen LogP) is 2.34. The van der Waals surface area contributed by atoms with Gasteiger partial charge < -0.3 is 15.3 Å². The molecule has 1 saturated heterocycles. The number of aliphatic hydroxyl groups is 1. The Bertz CT molecular complexity index is 561. The van der Waals surface area contributed by atoms with E-state index in [4.69, 9.17) is 0 Å². The molecule has 0 spiro atoms. The van der Waals surface area contributed by atoms with Crippen LogP contribution in [0.2, 0.25) is 0 Å². The van der Waals surface area contributed by atoms with E-state index >= 15 is 0 Å². The van der Waals surface area contributed by atoms with Crippen LogP contribution in [0.25, 0.3) is 0 Å². The van der Waals surface area contributed by atoms with Crippen LogP contribution in [0.1, 0.15) is 50.4 Å². The van der Waals surface area contributed by atoms with Gasteiger partial charge in [0.05, 0.1) is 6.10 Å². The van der Waals surface area contributed by atoms with Gasteiger partial charge in [0.2, 0.25) is 5.91 Å². The molecule has 0 saturated carbocycles. The number of carbonyl (C=O) groups excluding carboxylic acids is 2. The fourth-order valence-electron chi connectivity index (χ4n) is 2.47. The number of anilines is 1. The standard InChI is InChI=1S/C18H26N2O3/c1-18(2,3)15(21)12-19-17(23)13-7-9-14(10-8-13)20-11-5-4-6-16(20)22/h7-10,15,21H,4-6,11-12H2,1-3H3,(H,19,23). The van der Waals surface area contributed by atoms with Gasteiger partial charge in [0, 0.05) is 30.8 Å². The van der Waals surface area contributed by atoms with Crippen molar-refractivity contribution in [2.45, 2.75) is 46.1 Å². The van der Waals surface area contributed by atoms with Gasteiger partial charge >= 0.3 is 0 Å². The molecular formula is C18H26N2O3. The molecule has 5 nitrogen and oxygen atoms in total. The third-order valence-electron chi connectivity index (χ3n) is 4.22. The number of rotatable bonds is 4. The van der Waals surface area contributed by atoms with Crippen molar-refractivity contribution >= 4 is 17.5 Å². The Kier molecular flexibility index (Phi) is 5.42. The van der Waals surface area contributed by atoms with E-state index in [1.54, 1.807) is 29.2 Å².